The fraction of sp³-hybridized carbons (Fsp3) is 1.00. The molecule has 0 saturated heterocycles. The number of hydrogen-bond acceptors (Lipinski definition) is 2. The van der Waals surface area contributed by atoms with Gasteiger partial charge in [-0.3, -0.25) is 4.90 Å². The molecule has 2 aliphatic carbocycles. The molecule has 2 saturated carbocycles. The number of rotatable bonds is 6. The first kappa shape index (κ1) is 10.4. The molecular formula is C12H24N2. The summed E-state index contributed by atoms with van der Waals surface area (Å²) in [6.45, 7) is 4.42. The summed E-state index contributed by atoms with van der Waals surface area (Å²) in [5, 5.41) is 0. The Kier molecular flexibility index (Phi) is 2.85. The SMILES string of the molecule is CN(CC1CC1)C(C)(CN)CC1CC1. The zero-order valence-corrected chi connectivity index (χ0v) is 9.63. The van der Waals surface area contributed by atoms with Gasteiger partial charge in [0.2, 0.25) is 0 Å². The largest absolute Gasteiger partial charge is 0.329 e. The van der Waals surface area contributed by atoms with Crippen LogP contribution < -0.4 is 5.73 Å². The Balaban J connectivity index is 1.85. The molecule has 2 N–H and O–H groups in total. The quantitative estimate of drug-likeness (QED) is 0.702. The maximum atomic E-state index is 5.94. The van der Waals surface area contributed by atoms with Gasteiger partial charge in [-0.05, 0) is 45.1 Å². The second-order valence-electron chi connectivity index (χ2n) is 5.67. The summed E-state index contributed by atoms with van der Waals surface area (Å²) in [7, 11) is 2.26. The van der Waals surface area contributed by atoms with Crippen molar-refractivity contribution in [2.24, 2.45) is 17.6 Å². The lowest BCUT2D eigenvalue weighted by molar-refractivity contribution is 0.122. The number of hydrogen-bond donors (Lipinski definition) is 1. The highest BCUT2D eigenvalue weighted by Gasteiger charge is 2.37. The molecule has 0 aliphatic heterocycles. The van der Waals surface area contributed by atoms with Gasteiger partial charge in [0, 0.05) is 18.6 Å². The molecule has 0 aromatic heterocycles. The normalized spacial score (nSPS) is 26.6. The first-order valence-corrected chi connectivity index (χ1v) is 6.05. The molecule has 2 aliphatic rings. The molecule has 0 aromatic carbocycles. The molecule has 0 heterocycles. The summed E-state index contributed by atoms with van der Waals surface area (Å²) in [4.78, 5) is 2.52. The van der Waals surface area contributed by atoms with Gasteiger partial charge in [0.15, 0.2) is 0 Å². The van der Waals surface area contributed by atoms with Crippen LogP contribution in [0.4, 0.5) is 0 Å². The van der Waals surface area contributed by atoms with E-state index in [4.69, 9.17) is 5.73 Å². The van der Waals surface area contributed by atoms with Crippen LogP contribution in [0.5, 0.6) is 0 Å². The zero-order valence-electron chi connectivity index (χ0n) is 9.63. The lowest BCUT2D eigenvalue weighted by Gasteiger charge is -2.38. The Morgan fingerprint density at radius 1 is 1.21 bits per heavy atom. The van der Waals surface area contributed by atoms with Crippen LogP contribution in [0.25, 0.3) is 0 Å². The summed E-state index contributed by atoms with van der Waals surface area (Å²) in [6.07, 6.45) is 7.06. The van der Waals surface area contributed by atoms with E-state index in [0.29, 0.717) is 0 Å². The minimum Gasteiger partial charge on any atom is -0.329 e. The average Bonchev–Trinajstić information content (AvgIpc) is 2.99. The van der Waals surface area contributed by atoms with E-state index in [1.54, 1.807) is 0 Å². The van der Waals surface area contributed by atoms with Crippen molar-refractivity contribution in [3.8, 4) is 0 Å². The van der Waals surface area contributed by atoms with E-state index in [9.17, 15) is 0 Å². The van der Waals surface area contributed by atoms with Crippen molar-refractivity contribution >= 4 is 0 Å². The van der Waals surface area contributed by atoms with Crippen LogP contribution in [0, 0.1) is 11.8 Å². The van der Waals surface area contributed by atoms with Gasteiger partial charge in [-0.1, -0.05) is 12.8 Å². The smallest absolute Gasteiger partial charge is 0.0303 e. The highest BCUT2D eigenvalue weighted by molar-refractivity contribution is 4.93. The second kappa shape index (κ2) is 3.82. The van der Waals surface area contributed by atoms with Crippen molar-refractivity contribution in [2.45, 2.75) is 44.6 Å². The van der Waals surface area contributed by atoms with Crippen LogP contribution in [0.3, 0.4) is 0 Å². The fourth-order valence-electron chi connectivity index (χ4n) is 2.25. The van der Waals surface area contributed by atoms with E-state index in [-0.39, 0.29) is 5.54 Å². The predicted octanol–water partition coefficient (Wildman–Crippen LogP) is 1.85. The highest BCUT2D eigenvalue weighted by Crippen LogP contribution is 2.39. The molecule has 0 amide bonds. The van der Waals surface area contributed by atoms with Crippen LogP contribution >= 0.6 is 0 Å². The molecule has 2 heteroatoms. The van der Waals surface area contributed by atoms with Crippen LogP contribution in [-0.4, -0.2) is 30.6 Å². The van der Waals surface area contributed by atoms with Gasteiger partial charge in [-0.25, -0.2) is 0 Å². The standard InChI is InChI=1S/C12H24N2/c1-12(9-13,7-10-3-4-10)14(2)8-11-5-6-11/h10-11H,3-9,13H2,1-2H3. The Bertz CT molecular complexity index is 196. The van der Waals surface area contributed by atoms with Crippen LogP contribution in [0.2, 0.25) is 0 Å². The molecule has 14 heavy (non-hydrogen) atoms. The van der Waals surface area contributed by atoms with Gasteiger partial charge in [-0.15, -0.1) is 0 Å². The average molecular weight is 196 g/mol. The number of nitrogens with two attached hydrogens (primary N) is 1. The molecule has 1 unspecified atom stereocenters. The number of likely N-dealkylation sites (N-methyl/N-ethyl adjacent to an activating group) is 1. The van der Waals surface area contributed by atoms with E-state index < -0.39 is 0 Å². The third-order valence-corrected chi connectivity index (χ3v) is 4.02. The van der Waals surface area contributed by atoms with E-state index in [0.717, 1.165) is 18.4 Å². The maximum absolute atomic E-state index is 5.94. The minimum atomic E-state index is 0.268. The molecule has 0 radical (unpaired) electrons. The highest BCUT2D eigenvalue weighted by atomic mass is 15.2. The molecule has 0 aromatic rings. The van der Waals surface area contributed by atoms with E-state index >= 15 is 0 Å². The van der Waals surface area contributed by atoms with Crippen LogP contribution in [0.1, 0.15) is 39.0 Å². The van der Waals surface area contributed by atoms with Gasteiger partial charge < -0.3 is 5.73 Å². The van der Waals surface area contributed by atoms with Gasteiger partial charge >= 0.3 is 0 Å². The Hall–Kier alpha value is -0.0800. The van der Waals surface area contributed by atoms with Gasteiger partial charge in [0.25, 0.3) is 0 Å². The summed E-state index contributed by atoms with van der Waals surface area (Å²) in [6, 6.07) is 0. The topological polar surface area (TPSA) is 29.3 Å². The second-order valence-corrected chi connectivity index (χ2v) is 5.67. The minimum absolute atomic E-state index is 0.268. The molecule has 82 valence electrons. The zero-order chi connectivity index (χ0) is 10.2. The molecule has 2 nitrogen and oxygen atoms in total. The van der Waals surface area contributed by atoms with Gasteiger partial charge in [0.1, 0.15) is 0 Å². The van der Waals surface area contributed by atoms with Crippen molar-refractivity contribution in [2.75, 3.05) is 20.1 Å². The lowest BCUT2D eigenvalue weighted by atomic mass is 9.93. The summed E-state index contributed by atoms with van der Waals surface area (Å²) < 4.78 is 0. The summed E-state index contributed by atoms with van der Waals surface area (Å²) >= 11 is 0. The molecule has 0 bridgehead atoms. The van der Waals surface area contributed by atoms with Crippen molar-refractivity contribution in [3.63, 3.8) is 0 Å². The van der Waals surface area contributed by atoms with Crippen molar-refractivity contribution < 1.29 is 0 Å². The van der Waals surface area contributed by atoms with Crippen LogP contribution in [-0.2, 0) is 0 Å². The Morgan fingerprint density at radius 2 is 1.79 bits per heavy atom. The lowest BCUT2D eigenvalue weighted by Crippen LogP contribution is -2.50. The Labute approximate surface area is 87.8 Å². The van der Waals surface area contributed by atoms with E-state index in [1.807, 2.05) is 0 Å². The molecule has 0 spiro atoms. The predicted molar refractivity (Wildman–Crippen MR) is 60.2 cm³/mol. The van der Waals surface area contributed by atoms with Crippen molar-refractivity contribution in [1.82, 2.24) is 4.90 Å². The fourth-order valence-corrected chi connectivity index (χ4v) is 2.25. The molecule has 2 fully saturated rings. The molecular weight excluding hydrogens is 172 g/mol. The van der Waals surface area contributed by atoms with Crippen LogP contribution in [0.15, 0.2) is 0 Å². The maximum Gasteiger partial charge on any atom is 0.0303 e. The summed E-state index contributed by atoms with van der Waals surface area (Å²) in [5.74, 6) is 1.95. The van der Waals surface area contributed by atoms with E-state index in [2.05, 4.69) is 18.9 Å². The molecule has 1 atom stereocenters. The van der Waals surface area contributed by atoms with Gasteiger partial charge in [0.05, 0.1) is 0 Å². The monoisotopic (exact) mass is 196 g/mol. The third kappa shape index (κ3) is 2.48. The van der Waals surface area contributed by atoms with Crippen molar-refractivity contribution in [3.05, 3.63) is 0 Å². The molecule has 2 rings (SSSR count). The van der Waals surface area contributed by atoms with Crippen molar-refractivity contribution in [1.29, 1.82) is 0 Å². The third-order valence-electron chi connectivity index (χ3n) is 4.02. The number of nitrogens with zero attached hydrogens (tertiary/aromatic N) is 1. The van der Waals surface area contributed by atoms with E-state index in [1.165, 1.54) is 38.6 Å². The first-order chi connectivity index (χ1) is 6.64. The first-order valence-electron chi connectivity index (χ1n) is 6.05. The summed E-state index contributed by atoms with van der Waals surface area (Å²) in [5.41, 5.74) is 6.21. The van der Waals surface area contributed by atoms with Gasteiger partial charge in [-0.2, -0.15) is 0 Å². The Morgan fingerprint density at radius 3 is 2.21 bits per heavy atom.